The molecule has 0 aliphatic carbocycles. The van der Waals surface area contributed by atoms with Gasteiger partial charge in [-0.25, -0.2) is 4.39 Å². The van der Waals surface area contributed by atoms with Gasteiger partial charge in [0.2, 0.25) is 0 Å². The maximum absolute atomic E-state index is 14.2. The van der Waals surface area contributed by atoms with Crippen molar-refractivity contribution in [3.05, 3.63) is 71.5 Å². The number of fused-ring (bicyclic) bond motifs is 1. The minimum Gasteiger partial charge on any atom is -0.496 e. The molecule has 0 saturated carbocycles. The lowest BCUT2D eigenvalue weighted by Gasteiger charge is -2.39. The summed E-state index contributed by atoms with van der Waals surface area (Å²) >= 11 is 5.60. The number of aliphatic hydroxyl groups is 1. The van der Waals surface area contributed by atoms with Crippen molar-refractivity contribution in [3.63, 3.8) is 0 Å². The maximum Gasteiger partial charge on any atom is 0.418 e. The van der Waals surface area contributed by atoms with Crippen LogP contribution in [0.5, 0.6) is 5.75 Å². The predicted molar refractivity (Wildman–Crippen MR) is 115 cm³/mol. The fourth-order valence-electron chi connectivity index (χ4n) is 4.05. The summed E-state index contributed by atoms with van der Waals surface area (Å²) in [4.78, 5) is 0. The van der Waals surface area contributed by atoms with Gasteiger partial charge < -0.3 is 14.4 Å². The molecule has 0 aliphatic heterocycles. The van der Waals surface area contributed by atoms with Gasteiger partial charge in [-0.05, 0) is 42.2 Å². The number of pyridine rings is 1. The maximum atomic E-state index is 14.2. The minimum atomic E-state index is -4.96. The van der Waals surface area contributed by atoms with E-state index in [1.54, 1.807) is 24.3 Å². The highest BCUT2D eigenvalue weighted by Crippen LogP contribution is 2.44. The van der Waals surface area contributed by atoms with E-state index in [9.17, 15) is 22.7 Å². The molecular formula is C23H23ClF4N2O2. The summed E-state index contributed by atoms with van der Waals surface area (Å²) in [6.45, 7) is 2.25. The lowest BCUT2D eigenvalue weighted by Crippen LogP contribution is -2.52. The van der Waals surface area contributed by atoms with Gasteiger partial charge in [-0.3, -0.25) is 0 Å². The molecule has 1 heterocycles. The van der Waals surface area contributed by atoms with Crippen LogP contribution in [0.4, 0.5) is 17.6 Å². The van der Waals surface area contributed by atoms with E-state index in [4.69, 9.17) is 16.5 Å². The lowest BCUT2D eigenvalue weighted by atomic mass is 9.74. The normalized spacial score (nSPS) is 15.1. The van der Waals surface area contributed by atoms with Gasteiger partial charge in [0.25, 0.3) is 0 Å². The zero-order valence-electron chi connectivity index (χ0n) is 17.8. The molecule has 9 heteroatoms. The predicted octanol–water partition coefficient (Wildman–Crippen LogP) is 5.50. The van der Waals surface area contributed by atoms with Gasteiger partial charge in [0.15, 0.2) is 5.60 Å². The van der Waals surface area contributed by atoms with Crippen LogP contribution in [0.15, 0.2) is 59.2 Å². The third-order valence-corrected chi connectivity index (χ3v) is 5.76. The Bertz CT molecular complexity index is 1190. The average molecular weight is 471 g/mol. The molecule has 0 aliphatic rings. The zero-order valence-corrected chi connectivity index (χ0v) is 18.5. The van der Waals surface area contributed by atoms with E-state index < -0.39 is 36.0 Å². The monoisotopic (exact) mass is 470 g/mol. The zero-order chi connectivity index (χ0) is 23.7. The summed E-state index contributed by atoms with van der Waals surface area (Å²) in [6.07, 6.45) is -4.29. The van der Waals surface area contributed by atoms with Crippen LogP contribution in [-0.4, -0.2) is 28.6 Å². The molecule has 4 nitrogen and oxygen atoms in total. The molecule has 1 unspecified atom stereocenters. The second-order valence-electron chi connectivity index (χ2n) is 8.37. The first kappa shape index (κ1) is 24.1. The second-order valence-corrected chi connectivity index (χ2v) is 8.53. The Morgan fingerprint density at radius 1 is 1.09 bits per heavy atom. The molecule has 0 amide bonds. The molecule has 0 saturated heterocycles. The third-order valence-electron chi connectivity index (χ3n) is 5.58. The molecule has 32 heavy (non-hydrogen) atoms. The van der Waals surface area contributed by atoms with Crippen molar-refractivity contribution < 1.29 is 27.4 Å². The van der Waals surface area contributed by atoms with Gasteiger partial charge in [0.1, 0.15) is 11.6 Å². The first-order valence-electron chi connectivity index (χ1n) is 9.78. The fourth-order valence-corrected chi connectivity index (χ4v) is 4.19. The smallest absolute Gasteiger partial charge is 0.418 e. The van der Waals surface area contributed by atoms with Crippen molar-refractivity contribution in [2.24, 2.45) is 4.51 Å². The standard InChI is InChI=1S/C23H23ClF4N2O2/c1-21(2,17-12-15(25)8-9-20(17)32-3)13-22(31,23(26,27)28)14-30-11-10-18(29-24)16-6-4-5-7-19(16)30/h4-12,31H,13-14H2,1-3H3/b29-18+. The summed E-state index contributed by atoms with van der Waals surface area (Å²) in [6, 6.07) is 11.8. The highest BCUT2D eigenvalue weighted by atomic mass is 35.5. The molecular weight excluding hydrogens is 448 g/mol. The SMILES string of the molecule is COc1ccc(F)cc1C(C)(C)CC(O)(Cn1cc/c(=N\Cl)c2ccccc21)C(F)(F)F. The second kappa shape index (κ2) is 8.75. The summed E-state index contributed by atoms with van der Waals surface area (Å²) in [7, 11) is 1.36. The summed E-state index contributed by atoms with van der Waals surface area (Å²) < 4.78 is 66.8. The van der Waals surface area contributed by atoms with Crippen LogP contribution in [0.2, 0.25) is 0 Å². The number of aromatic nitrogens is 1. The van der Waals surface area contributed by atoms with Crippen LogP contribution in [0, 0.1) is 5.82 Å². The van der Waals surface area contributed by atoms with Crippen LogP contribution < -0.4 is 10.1 Å². The molecule has 1 atom stereocenters. The van der Waals surface area contributed by atoms with Gasteiger partial charge in [0, 0.05) is 28.9 Å². The van der Waals surface area contributed by atoms with Crippen LogP contribution in [0.3, 0.4) is 0 Å². The van der Waals surface area contributed by atoms with E-state index in [1.165, 1.54) is 49.9 Å². The van der Waals surface area contributed by atoms with Crippen LogP contribution in [0.1, 0.15) is 25.8 Å². The molecule has 2 aromatic carbocycles. The quantitative estimate of drug-likeness (QED) is 0.483. The molecule has 0 spiro atoms. The Morgan fingerprint density at radius 2 is 1.78 bits per heavy atom. The Morgan fingerprint density at radius 3 is 2.41 bits per heavy atom. The van der Waals surface area contributed by atoms with Gasteiger partial charge in [0.05, 0.1) is 24.5 Å². The summed E-state index contributed by atoms with van der Waals surface area (Å²) in [5.41, 5.74) is -3.74. The fraction of sp³-hybridized carbons (Fsp3) is 0.348. The van der Waals surface area contributed by atoms with Crippen LogP contribution >= 0.6 is 11.8 Å². The van der Waals surface area contributed by atoms with Gasteiger partial charge in [-0.1, -0.05) is 32.0 Å². The van der Waals surface area contributed by atoms with Crippen molar-refractivity contribution in [1.82, 2.24) is 4.57 Å². The number of rotatable bonds is 6. The van der Waals surface area contributed by atoms with Crippen molar-refractivity contribution in [1.29, 1.82) is 0 Å². The molecule has 0 radical (unpaired) electrons. The van der Waals surface area contributed by atoms with E-state index in [2.05, 4.69) is 4.51 Å². The van der Waals surface area contributed by atoms with Gasteiger partial charge >= 0.3 is 6.18 Å². The average Bonchev–Trinajstić information content (AvgIpc) is 2.73. The van der Waals surface area contributed by atoms with Crippen molar-refractivity contribution in [3.8, 4) is 5.75 Å². The largest absolute Gasteiger partial charge is 0.496 e. The number of benzene rings is 2. The molecule has 3 rings (SSSR count). The van der Waals surface area contributed by atoms with E-state index in [0.717, 1.165) is 6.07 Å². The highest BCUT2D eigenvalue weighted by Gasteiger charge is 2.56. The Hall–Kier alpha value is -2.58. The number of hydrogen-bond donors (Lipinski definition) is 1. The molecule has 0 fully saturated rings. The van der Waals surface area contributed by atoms with E-state index >= 15 is 0 Å². The lowest BCUT2D eigenvalue weighted by molar-refractivity contribution is -0.271. The van der Waals surface area contributed by atoms with Crippen molar-refractivity contribution in [2.75, 3.05) is 7.11 Å². The van der Waals surface area contributed by atoms with Crippen molar-refractivity contribution >= 4 is 22.7 Å². The molecule has 1 aromatic heterocycles. The minimum absolute atomic E-state index is 0.230. The third kappa shape index (κ3) is 4.61. The number of alkyl halides is 3. The van der Waals surface area contributed by atoms with Gasteiger partial charge in [-0.15, -0.1) is 0 Å². The highest BCUT2D eigenvalue weighted by molar-refractivity contribution is 6.14. The van der Waals surface area contributed by atoms with Crippen LogP contribution in [0.25, 0.3) is 10.9 Å². The van der Waals surface area contributed by atoms with Crippen LogP contribution in [-0.2, 0) is 12.0 Å². The Labute approximate surface area is 187 Å². The molecule has 0 bridgehead atoms. The van der Waals surface area contributed by atoms with Gasteiger partial charge in [-0.2, -0.15) is 17.7 Å². The van der Waals surface area contributed by atoms with E-state index in [-0.39, 0.29) is 11.3 Å². The number of methoxy groups -OCH3 is 1. The number of ether oxygens (including phenoxy) is 1. The first-order chi connectivity index (χ1) is 14.9. The van der Waals surface area contributed by atoms with E-state index in [0.29, 0.717) is 16.3 Å². The molecule has 172 valence electrons. The van der Waals surface area contributed by atoms with Crippen molar-refractivity contribution in [2.45, 2.75) is 44.0 Å². The Kier molecular flexibility index (Phi) is 6.58. The molecule has 3 aromatic rings. The Balaban J connectivity index is 2.10. The topological polar surface area (TPSA) is 46.8 Å². The number of para-hydroxylation sites is 1. The number of hydrogen-bond acceptors (Lipinski definition) is 3. The van der Waals surface area contributed by atoms with E-state index in [1.807, 2.05) is 0 Å². The number of nitrogens with zero attached hydrogens (tertiary/aromatic N) is 2. The summed E-state index contributed by atoms with van der Waals surface area (Å²) in [5, 5.41) is 11.9. The molecule has 1 N–H and O–H groups in total. The number of halogens is 5. The first-order valence-corrected chi connectivity index (χ1v) is 10.1. The summed E-state index contributed by atoms with van der Waals surface area (Å²) in [5.74, 6) is -0.364.